The van der Waals surface area contributed by atoms with Crippen LogP contribution in [-0.2, 0) is 6.54 Å². The highest BCUT2D eigenvalue weighted by atomic mass is 16.3. The van der Waals surface area contributed by atoms with Gasteiger partial charge in [0.2, 0.25) is 0 Å². The van der Waals surface area contributed by atoms with Crippen molar-refractivity contribution in [2.45, 2.75) is 39.8 Å². The van der Waals surface area contributed by atoms with E-state index in [1.54, 1.807) is 6.20 Å². The normalized spacial score (nSPS) is 13.3. The Balaban J connectivity index is 1.84. The van der Waals surface area contributed by atoms with Crippen LogP contribution >= 0.6 is 0 Å². The standard InChI is InChI=1S/C17H25N3O/c1-14(21)11-17(2,3)13-18-12-15-5-7-16(8-6-15)20-10-4-9-19-20/h4-10,14,18,21H,11-13H2,1-3H3. The van der Waals surface area contributed by atoms with Crippen molar-refractivity contribution < 1.29 is 5.11 Å². The lowest BCUT2D eigenvalue weighted by Crippen LogP contribution is -2.31. The third-order valence-electron chi connectivity index (χ3n) is 3.49. The zero-order valence-corrected chi connectivity index (χ0v) is 13.1. The first kappa shape index (κ1) is 15.7. The highest BCUT2D eigenvalue weighted by Crippen LogP contribution is 2.21. The molecular formula is C17H25N3O. The van der Waals surface area contributed by atoms with Crippen LogP contribution in [0.25, 0.3) is 5.69 Å². The largest absolute Gasteiger partial charge is 0.393 e. The molecule has 0 aliphatic heterocycles. The third-order valence-corrected chi connectivity index (χ3v) is 3.49. The molecule has 4 nitrogen and oxygen atoms in total. The summed E-state index contributed by atoms with van der Waals surface area (Å²) in [5, 5.41) is 17.2. The molecule has 2 N–H and O–H groups in total. The lowest BCUT2D eigenvalue weighted by atomic mass is 9.87. The van der Waals surface area contributed by atoms with Crippen molar-refractivity contribution in [3.63, 3.8) is 0 Å². The van der Waals surface area contributed by atoms with Gasteiger partial charge in [0, 0.05) is 25.5 Å². The molecule has 1 aromatic heterocycles. The van der Waals surface area contributed by atoms with Crippen molar-refractivity contribution in [3.8, 4) is 5.69 Å². The number of nitrogens with one attached hydrogen (secondary N) is 1. The minimum absolute atomic E-state index is 0.100. The van der Waals surface area contributed by atoms with Crippen molar-refractivity contribution in [2.24, 2.45) is 5.41 Å². The average Bonchev–Trinajstić information content (AvgIpc) is 2.91. The smallest absolute Gasteiger partial charge is 0.0645 e. The first-order valence-electron chi connectivity index (χ1n) is 7.44. The number of hydrogen-bond acceptors (Lipinski definition) is 3. The van der Waals surface area contributed by atoms with Crippen LogP contribution in [0.5, 0.6) is 0 Å². The first-order chi connectivity index (χ1) is 9.96. The average molecular weight is 287 g/mol. The molecule has 2 rings (SSSR count). The maximum atomic E-state index is 9.49. The molecule has 21 heavy (non-hydrogen) atoms. The topological polar surface area (TPSA) is 50.1 Å². The number of aromatic nitrogens is 2. The van der Waals surface area contributed by atoms with E-state index in [1.807, 2.05) is 23.9 Å². The van der Waals surface area contributed by atoms with Crippen molar-refractivity contribution in [3.05, 3.63) is 48.3 Å². The Bertz CT molecular complexity index is 530. The molecule has 0 aliphatic carbocycles. The molecule has 1 unspecified atom stereocenters. The highest BCUT2D eigenvalue weighted by Gasteiger charge is 2.19. The Morgan fingerprint density at radius 1 is 1.29 bits per heavy atom. The second-order valence-corrected chi connectivity index (χ2v) is 6.44. The van der Waals surface area contributed by atoms with Crippen molar-refractivity contribution in [1.82, 2.24) is 15.1 Å². The van der Waals surface area contributed by atoms with Crippen LogP contribution in [0.4, 0.5) is 0 Å². The minimum Gasteiger partial charge on any atom is -0.393 e. The lowest BCUT2D eigenvalue weighted by Gasteiger charge is -2.26. The van der Waals surface area contributed by atoms with Gasteiger partial charge in [-0.3, -0.25) is 0 Å². The fraction of sp³-hybridized carbons (Fsp3) is 0.471. The number of aliphatic hydroxyl groups is 1. The monoisotopic (exact) mass is 287 g/mol. The predicted molar refractivity (Wildman–Crippen MR) is 85.3 cm³/mol. The van der Waals surface area contributed by atoms with E-state index >= 15 is 0 Å². The molecule has 0 spiro atoms. The van der Waals surface area contributed by atoms with Gasteiger partial charge in [0.15, 0.2) is 0 Å². The molecule has 1 heterocycles. The number of benzene rings is 1. The van der Waals surface area contributed by atoms with Crippen LogP contribution in [0, 0.1) is 5.41 Å². The summed E-state index contributed by atoms with van der Waals surface area (Å²) >= 11 is 0. The first-order valence-corrected chi connectivity index (χ1v) is 7.44. The summed E-state index contributed by atoms with van der Waals surface area (Å²) in [4.78, 5) is 0. The number of hydrogen-bond donors (Lipinski definition) is 2. The molecular weight excluding hydrogens is 262 g/mol. The van der Waals surface area contributed by atoms with E-state index < -0.39 is 0 Å². The fourth-order valence-corrected chi connectivity index (χ4v) is 2.61. The van der Waals surface area contributed by atoms with Crippen LogP contribution in [0.3, 0.4) is 0 Å². The molecule has 0 saturated heterocycles. The van der Waals surface area contributed by atoms with E-state index in [9.17, 15) is 5.11 Å². The molecule has 0 amide bonds. The molecule has 0 saturated carbocycles. The summed E-state index contributed by atoms with van der Waals surface area (Å²) in [5.74, 6) is 0. The van der Waals surface area contributed by atoms with Crippen LogP contribution in [0.15, 0.2) is 42.7 Å². The van der Waals surface area contributed by atoms with Gasteiger partial charge in [-0.25, -0.2) is 4.68 Å². The molecule has 0 fully saturated rings. The van der Waals surface area contributed by atoms with Crippen molar-refractivity contribution in [2.75, 3.05) is 6.54 Å². The van der Waals surface area contributed by atoms with E-state index in [1.165, 1.54) is 5.56 Å². The maximum absolute atomic E-state index is 9.49. The Hall–Kier alpha value is -1.65. The lowest BCUT2D eigenvalue weighted by molar-refractivity contribution is 0.128. The molecule has 0 aliphatic rings. The van der Waals surface area contributed by atoms with Gasteiger partial charge in [0.25, 0.3) is 0 Å². The maximum Gasteiger partial charge on any atom is 0.0645 e. The second-order valence-electron chi connectivity index (χ2n) is 6.44. The van der Waals surface area contributed by atoms with Gasteiger partial charge in [-0.15, -0.1) is 0 Å². The van der Waals surface area contributed by atoms with Gasteiger partial charge in [0.1, 0.15) is 0 Å². The Kier molecular flexibility index (Phi) is 5.15. The van der Waals surface area contributed by atoms with Crippen LogP contribution < -0.4 is 5.32 Å². The van der Waals surface area contributed by atoms with E-state index in [0.29, 0.717) is 0 Å². The van der Waals surface area contributed by atoms with E-state index in [2.05, 4.69) is 48.5 Å². The molecule has 0 radical (unpaired) electrons. The van der Waals surface area contributed by atoms with Crippen molar-refractivity contribution >= 4 is 0 Å². The summed E-state index contributed by atoms with van der Waals surface area (Å²) in [6.07, 6.45) is 4.26. The number of rotatable bonds is 7. The summed E-state index contributed by atoms with van der Waals surface area (Å²) in [7, 11) is 0. The van der Waals surface area contributed by atoms with E-state index in [-0.39, 0.29) is 11.5 Å². The minimum atomic E-state index is -0.254. The Morgan fingerprint density at radius 3 is 2.57 bits per heavy atom. The van der Waals surface area contributed by atoms with E-state index in [0.717, 1.165) is 25.2 Å². The van der Waals surface area contributed by atoms with Gasteiger partial charge >= 0.3 is 0 Å². The Morgan fingerprint density at radius 2 is 2.00 bits per heavy atom. The molecule has 1 atom stereocenters. The molecule has 0 bridgehead atoms. The summed E-state index contributed by atoms with van der Waals surface area (Å²) in [5.41, 5.74) is 2.42. The fourth-order valence-electron chi connectivity index (χ4n) is 2.61. The van der Waals surface area contributed by atoms with Crippen molar-refractivity contribution in [1.29, 1.82) is 0 Å². The summed E-state index contributed by atoms with van der Waals surface area (Å²) in [6.45, 7) is 7.91. The van der Waals surface area contributed by atoms with E-state index in [4.69, 9.17) is 0 Å². The molecule has 2 aromatic rings. The van der Waals surface area contributed by atoms with Crippen LogP contribution in [0.1, 0.15) is 32.8 Å². The zero-order chi connectivity index (χ0) is 15.3. The molecule has 1 aromatic carbocycles. The molecule has 114 valence electrons. The SMILES string of the molecule is CC(O)CC(C)(C)CNCc1ccc(-n2cccn2)cc1. The quantitative estimate of drug-likeness (QED) is 0.823. The number of nitrogens with zero attached hydrogens (tertiary/aromatic N) is 2. The number of aliphatic hydroxyl groups excluding tert-OH is 1. The van der Waals surface area contributed by atoms with Crippen LogP contribution in [-0.4, -0.2) is 27.5 Å². The predicted octanol–water partition coefficient (Wildman–Crippen LogP) is 2.76. The third kappa shape index (κ3) is 4.99. The Labute approximate surface area is 126 Å². The molecule has 4 heteroatoms. The van der Waals surface area contributed by atoms with Gasteiger partial charge in [-0.2, -0.15) is 5.10 Å². The summed E-state index contributed by atoms with van der Waals surface area (Å²) < 4.78 is 1.85. The van der Waals surface area contributed by atoms with Gasteiger partial charge in [0.05, 0.1) is 11.8 Å². The zero-order valence-electron chi connectivity index (χ0n) is 13.1. The second kappa shape index (κ2) is 6.87. The van der Waals surface area contributed by atoms with Gasteiger partial charge in [-0.05, 0) is 42.5 Å². The van der Waals surface area contributed by atoms with Gasteiger partial charge < -0.3 is 10.4 Å². The van der Waals surface area contributed by atoms with Crippen LogP contribution in [0.2, 0.25) is 0 Å². The highest BCUT2D eigenvalue weighted by molar-refractivity contribution is 5.33. The van der Waals surface area contributed by atoms with Gasteiger partial charge in [-0.1, -0.05) is 26.0 Å². The summed E-state index contributed by atoms with van der Waals surface area (Å²) in [6, 6.07) is 10.3.